The van der Waals surface area contributed by atoms with Gasteiger partial charge in [-0.05, 0) is 63.3 Å². The van der Waals surface area contributed by atoms with Gasteiger partial charge in [-0.15, -0.1) is 0 Å². The van der Waals surface area contributed by atoms with Gasteiger partial charge in [-0.3, -0.25) is 0 Å². The number of fused-ring (bicyclic) bond motifs is 7. The van der Waals surface area contributed by atoms with E-state index in [9.17, 15) is 0 Å². The van der Waals surface area contributed by atoms with Gasteiger partial charge in [0.2, 0.25) is 0 Å². The predicted molar refractivity (Wildman–Crippen MR) is 232 cm³/mol. The van der Waals surface area contributed by atoms with Crippen molar-refractivity contribution in [1.82, 2.24) is 19.9 Å². The zero-order chi connectivity index (χ0) is 37.0. The highest BCUT2D eigenvalue weighted by molar-refractivity contribution is 6.20. The first-order valence-electron chi connectivity index (χ1n) is 18.9. The summed E-state index contributed by atoms with van der Waals surface area (Å²) in [6.45, 7) is 0. The van der Waals surface area contributed by atoms with E-state index in [4.69, 9.17) is 19.9 Å². The van der Waals surface area contributed by atoms with E-state index >= 15 is 0 Å². The Morgan fingerprint density at radius 1 is 0.286 bits per heavy atom. The van der Waals surface area contributed by atoms with E-state index in [1.807, 2.05) is 12.1 Å². The van der Waals surface area contributed by atoms with Crippen LogP contribution in [-0.4, -0.2) is 19.9 Å². The van der Waals surface area contributed by atoms with E-state index < -0.39 is 0 Å². The van der Waals surface area contributed by atoms with Gasteiger partial charge in [-0.2, -0.15) is 0 Å². The van der Waals surface area contributed by atoms with Crippen molar-refractivity contribution in [2.24, 2.45) is 0 Å². The molecule has 0 atom stereocenters. The molecular weight excluding hydrogens is 681 g/mol. The maximum atomic E-state index is 5.38. The maximum absolute atomic E-state index is 5.38. The molecule has 0 aliphatic rings. The summed E-state index contributed by atoms with van der Waals surface area (Å²) < 4.78 is 0. The van der Waals surface area contributed by atoms with Crippen LogP contribution in [0.4, 0.5) is 0 Å². The third-order valence-electron chi connectivity index (χ3n) is 10.8. The third kappa shape index (κ3) is 5.55. The van der Waals surface area contributed by atoms with Crippen LogP contribution in [0.2, 0.25) is 0 Å². The van der Waals surface area contributed by atoms with Crippen LogP contribution in [0.15, 0.2) is 194 Å². The summed E-state index contributed by atoms with van der Waals surface area (Å²) in [6, 6.07) is 68.0. The van der Waals surface area contributed by atoms with Gasteiger partial charge < -0.3 is 0 Å². The van der Waals surface area contributed by atoms with E-state index in [1.165, 1.54) is 16.2 Å². The minimum Gasteiger partial charge on any atom is -0.247 e. The van der Waals surface area contributed by atoms with Gasteiger partial charge >= 0.3 is 0 Å². The van der Waals surface area contributed by atoms with Crippen molar-refractivity contribution in [3.63, 3.8) is 0 Å². The van der Waals surface area contributed by atoms with Gasteiger partial charge in [-0.25, -0.2) is 19.9 Å². The summed E-state index contributed by atoms with van der Waals surface area (Å²) in [4.78, 5) is 21.2. The molecule has 4 heteroatoms. The topological polar surface area (TPSA) is 51.6 Å². The fourth-order valence-electron chi connectivity index (χ4n) is 7.96. The summed E-state index contributed by atoms with van der Waals surface area (Å²) in [5.74, 6) is 0.683. The lowest BCUT2D eigenvalue weighted by atomic mass is 9.95. The average molecular weight is 713 g/mol. The normalized spacial score (nSPS) is 11.6. The molecule has 3 heterocycles. The Hall–Kier alpha value is -7.56. The average Bonchev–Trinajstić information content (AvgIpc) is 3.28. The molecule has 11 aromatic rings. The second-order valence-electron chi connectivity index (χ2n) is 14.3. The summed E-state index contributed by atoms with van der Waals surface area (Å²) >= 11 is 0. The van der Waals surface area contributed by atoms with Gasteiger partial charge in [0.05, 0.1) is 33.8 Å². The quantitative estimate of drug-likeness (QED) is 0.167. The second kappa shape index (κ2) is 13.1. The predicted octanol–water partition coefficient (Wildman–Crippen LogP) is 13.4. The highest BCUT2D eigenvalue weighted by Gasteiger charge is 2.18. The van der Waals surface area contributed by atoms with E-state index in [-0.39, 0.29) is 0 Å². The summed E-state index contributed by atoms with van der Waals surface area (Å²) in [7, 11) is 0. The molecule has 3 aromatic heterocycles. The molecule has 0 saturated heterocycles. The lowest BCUT2D eigenvalue weighted by molar-refractivity contribution is 1.19. The molecule has 0 radical (unpaired) electrons. The summed E-state index contributed by atoms with van der Waals surface area (Å²) in [6.07, 6.45) is 0. The van der Waals surface area contributed by atoms with Crippen molar-refractivity contribution in [3.05, 3.63) is 194 Å². The molecule has 0 bridgehead atoms. The van der Waals surface area contributed by atoms with Crippen LogP contribution in [-0.2, 0) is 0 Å². The van der Waals surface area contributed by atoms with E-state index in [1.54, 1.807) is 0 Å². The highest BCUT2D eigenvalue weighted by atomic mass is 14.9. The van der Waals surface area contributed by atoms with Crippen molar-refractivity contribution in [3.8, 4) is 56.4 Å². The molecule has 0 fully saturated rings. The summed E-state index contributed by atoms with van der Waals surface area (Å²) in [5.41, 5.74) is 10.6. The number of pyridine rings is 2. The Kier molecular flexibility index (Phi) is 7.46. The lowest BCUT2D eigenvalue weighted by Crippen LogP contribution is -1.97. The highest BCUT2D eigenvalue weighted by Crippen LogP contribution is 2.39. The van der Waals surface area contributed by atoms with Crippen LogP contribution in [0.5, 0.6) is 0 Å². The van der Waals surface area contributed by atoms with Crippen LogP contribution < -0.4 is 0 Å². The Morgan fingerprint density at radius 2 is 0.839 bits per heavy atom. The van der Waals surface area contributed by atoms with E-state index in [2.05, 4.69) is 182 Å². The maximum Gasteiger partial charge on any atom is 0.160 e. The molecule has 0 aliphatic heterocycles. The zero-order valence-electron chi connectivity index (χ0n) is 30.3. The van der Waals surface area contributed by atoms with Crippen LogP contribution >= 0.6 is 0 Å². The van der Waals surface area contributed by atoms with Crippen LogP contribution in [0.1, 0.15) is 0 Å². The Morgan fingerprint density at radius 3 is 1.55 bits per heavy atom. The Bertz CT molecular complexity index is 3200. The number of nitrogens with zero attached hydrogens (tertiary/aromatic N) is 4. The second-order valence-corrected chi connectivity index (χ2v) is 14.3. The molecule has 0 saturated carbocycles. The molecular formula is C52H32N4. The fraction of sp³-hybridized carbons (Fsp3) is 0. The first-order valence-corrected chi connectivity index (χ1v) is 18.9. The molecule has 11 rings (SSSR count). The van der Waals surface area contributed by atoms with Gasteiger partial charge in [0.25, 0.3) is 0 Å². The number of benzene rings is 8. The zero-order valence-corrected chi connectivity index (χ0v) is 30.3. The van der Waals surface area contributed by atoms with Gasteiger partial charge in [-0.1, -0.05) is 158 Å². The Balaban J connectivity index is 1.15. The van der Waals surface area contributed by atoms with Crippen molar-refractivity contribution in [1.29, 1.82) is 0 Å². The molecule has 4 nitrogen and oxygen atoms in total. The van der Waals surface area contributed by atoms with Gasteiger partial charge in [0.1, 0.15) is 0 Å². The smallest absolute Gasteiger partial charge is 0.160 e. The molecule has 8 aromatic carbocycles. The van der Waals surface area contributed by atoms with Crippen molar-refractivity contribution in [2.75, 3.05) is 0 Å². The largest absolute Gasteiger partial charge is 0.247 e. The minimum absolute atomic E-state index is 0.683. The van der Waals surface area contributed by atoms with Crippen LogP contribution in [0.25, 0.3) is 111 Å². The van der Waals surface area contributed by atoms with E-state index in [0.717, 1.165) is 88.6 Å². The van der Waals surface area contributed by atoms with Gasteiger partial charge in [0, 0.05) is 44.0 Å². The Labute approximate surface area is 323 Å². The van der Waals surface area contributed by atoms with Crippen LogP contribution in [0.3, 0.4) is 0 Å². The summed E-state index contributed by atoms with van der Waals surface area (Å²) in [5, 5.41) is 8.95. The standard InChI is InChI=1S/C52H32N4/c1-3-13-35(14-4-1)45-27-24-37-23-26-43-44-31-41(25-28-46(44)54-50(49(43)51(37)53-45)36-15-5-2-6-16-36)48-32-47(40-21-19-33-11-7-9-17-38(33)29-40)55-52(56-48)42-22-20-34-12-8-10-18-39(34)30-42/h1-32H. The first-order chi connectivity index (χ1) is 27.7. The van der Waals surface area contributed by atoms with E-state index in [0.29, 0.717) is 5.82 Å². The molecule has 0 aliphatic carbocycles. The molecule has 56 heavy (non-hydrogen) atoms. The number of hydrogen-bond acceptors (Lipinski definition) is 4. The fourth-order valence-corrected chi connectivity index (χ4v) is 7.96. The number of aromatic nitrogens is 4. The SMILES string of the molecule is c1ccc(-c2ccc3ccc4c5cc(-c6cc(-c7ccc8ccccc8c7)nc(-c7ccc8ccccc8c7)n6)ccc5nc(-c5ccccc5)c4c3n2)cc1. The molecule has 0 spiro atoms. The lowest BCUT2D eigenvalue weighted by Gasteiger charge is -2.15. The number of hydrogen-bond donors (Lipinski definition) is 0. The minimum atomic E-state index is 0.683. The monoisotopic (exact) mass is 712 g/mol. The van der Waals surface area contributed by atoms with Crippen molar-refractivity contribution in [2.45, 2.75) is 0 Å². The molecule has 0 amide bonds. The molecule has 0 unspecified atom stereocenters. The van der Waals surface area contributed by atoms with Crippen molar-refractivity contribution >= 4 is 54.1 Å². The van der Waals surface area contributed by atoms with Gasteiger partial charge in [0.15, 0.2) is 5.82 Å². The van der Waals surface area contributed by atoms with Crippen molar-refractivity contribution < 1.29 is 0 Å². The molecule has 260 valence electrons. The molecule has 0 N–H and O–H groups in total. The number of rotatable bonds is 5. The third-order valence-corrected chi connectivity index (χ3v) is 10.8. The van der Waals surface area contributed by atoms with Crippen LogP contribution in [0, 0.1) is 0 Å². The first kappa shape index (κ1) is 31.9.